The highest BCUT2D eigenvalue weighted by atomic mass is 16.5. The first-order chi connectivity index (χ1) is 9.22. The first-order valence-corrected chi connectivity index (χ1v) is 7.51. The lowest BCUT2D eigenvalue weighted by Gasteiger charge is -2.38. The van der Waals surface area contributed by atoms with Crippen LogP contribution < -0.4 is 5.32 Å². The number of hydrogen-bond donors (Lipinski definition) is 1. The quantitative estimate of drug-likeness (QED) is 0.798. The summed E-state index contributed by atoms with van der Waals surface area (Å²) >= 11 is 0. The molecule has 0 aromatic carbocycles. The molecule has 0 aromatic heterocycles. The second-order valence-corrected chi connectivity index (χ2v) is 5.61. The fraction of sp³-hybridized carbons (Fsp3) is 0.929. The van der Waals surface area contributed by atoms with Crippen LogP contribution in [0.2, 0.25) is 0 Å². The van der Waals surface area contributed by atoms with Crippen LogP contribution in [0, 0.1) is 0 Å². The van der Waals surface area contributed by atoms with Gasteiger partial charge in [0.05, 0.1) is 18.8 Å². The Hall–Kier alpha value is -0.650. The highest BCUT2D eigenvalue weighted by Gasteiger charge is 2.30. The third-order valence-electron chi connectivity index (χ3n) is 4.17. The molecule has 5 heteroatoms. The average Bonchev–Trinajstić information content (AvgIpc) is 2.47. The van der Waals surface area contributed by atoms with E-state index in [2.05, 4.69) is 10.2 Å². The monoisotopic (exact) mass is 269 g/mol. The molecule has 2 heterocycles. The molecular weight excluding hydrogens is 242 g/mol. The van der Waals surface area contributed by atoms with Gasteiger partial charge in [0.25, 0.3) is 0 Å². The maximum absolute atomic E-state index is 12.5. The van der Waals surface area contributed by atoms with Gasteiger partial charge >= 0.3 is 0 Å². The van der Waals surface area contributed by atoms with E-state index in [-0.39, 0.29) is 12.1 Å². The molecule has 2 saturated heterocycles. The molecule has 0 saturated carbocycles. The summed E-state index contributed by atoms with van der Waals surface area (Å²) < 4.78 is 5.69. The summed E-state index contributed by atoms with van der Waals surface area (Å²) in [5, 5.41) is 3.14. The van der Waals surface area contributed by atoms with Crippen LogP contribution in [0.3, 0.4) is 0 Å². The van der Waals surface area contributed by atoms with Crippen molar-refractivity contribution in [2.24, 2.45) is 0 Å². The normalized spacial score (nSPS) is 27.3. The topological polar surface area (TPSA) is 44.8 Å². The van der Waals surface area contributed by atoms with Crippen molar-refractivity contribution >= 4 is 5.91 Å². The van der Waals surface area contributed by atoms with Crippen molar-refractivity contribution in [1.29, 1.82) is 0 Å². The maximum atomic E-state index is 12.5. The number of rotatable bonds is 4. The van der Waals surface area contributed by atoms with E-state index in [1.165, 1.54) is 6.42 Å². The van der Waals surface area contributed by atoms with Crippen molar-refractivity contribution in [2.75, 3.05) is 46.4 Å². The average molecular weight is 269 g/mol. The molecule has 1 amide bonds. The Kier molecular flexibility index (Phi) is 5.60. The third kappa shape index (κ3) is 3.91. The van der Waals surface area contributed by atoms with E-state index in [1.807, 2.05) is 18.9 Å². The number of likely N-dealkylation sites (tertiary alicyclic amines) is 1. The molecule has 2 rings (SSSR count). The Balaban J connectivity index is 1.86. The van der Waals surface area contributed by atoms with Gasteiger partial charge in [-0.1, -0.05) is 0 Å². The van der Waals surface area contributed by atoms with Crippen LogP contribution in [0.4, 0.5) is 0 Å². The van der Waals surface area contributed by atoms with E-state index in [1.54, 1.807) is 0 Å². The van der Waals surface area contributed by atoms with Gasteiger partial charge in [0, 0.05) is 32.7 Å². The zero-order chi connectivity index (χ0) is 13.7. The fourth-order valence-corrected chi connectivity index (χ4v) is 2.98. The largest absolute Gasteiger partial charge is 0.374 e. The van der Waals surface area contributed by atoms with Crippen molar-refractivity contribution < 1.29 is 9.53 Å². The number of morpholine rings is 1. The summed E-state index contributed by atoms with van der Waals surface area (Å²) in [4.78, 5) is 16.8. The number of amides is 1. The Labute approximate surface area is 116 Å². The van der Waals surface area contributed by atoms with Gasteiger partial charge in [-0.2, -0.15) is 0 Å². The number of piperidine rings is 1. The summed E-state index contributed by atoms with van der Waals surface area (Å²) in [6.07, 6.45) is 3.78. The number of nitrogens with one attached hydrogen (secondary N) is 1. The summed E-state index contributed by atoms with van der Waals surface area (Å²) in [6, 6.07) is -0.0126. The van der Waals surface area contributed by atoms with Gasteiger partial charge in [-0.25, -0.2) is 0 Å². The summed E-state index contributed by atoms with van der Waals surface area (Å²) in [7, 11) is 1.94. The highest BCUT2D eigenvalue weighted by Crippen LogP contribution is 2.14. The maximum Gasteiger partial charge on any atom is 0.239 e. The minimum absolute atomic E-state index is 0.0126. The van der Waals surface area contributed by atoms with Crippen molar-refractivity contribution in [3.05, 3.63) is 0 Å². The molecule has 2 atom stereocenters. The Morgan fingerprint density at radius 3 is 2.74 bits per heavy atom. The molecule has 19 heavy (non-hydrogen) atoms. The number of nitrogens with zero attached hydrogens (tertiary/aromatic N) is 2. The van der Waals surface area contributed by atoms with Crippen LogP contribution in [0.1, 0.15) is 26.2 Å². The van der Waals surface area contributed by atoms with Crippen LogP contribution in [0.25, 0.3) is 0 Å². The number of hydrogen-bond acceptors (Lipinski definition) is 4. The number of ether oxygens (including phenoxy) is 1. The number of likely N-dealkylation sites (N-methyl/N-ethyl adjacent to an activating group) is 1. The van der Waals surface area contributed by atoms with Gasteiger partial charge in [0.2, 0.25) is 5.91 Å². The Morgan fingerprint density at radius 2 is 2.05 bits per heavy atom. The highest BCUT2D eigenvalue weighted by molar-refractivity contribution is 5.81. The third-order valence-corrected chi connectivity index (χ3v) is 4.17. The number of carbonyl (C=O) groups is 1. The molecule has 1 N–H and O–H groups in total. The summed E-state index contributed by atoms with van der Waals surface area (Å²) in [5.74, 6) is 0.296. The van der Waals surface area contributed by atoms with Gasteiger partial charge in [-0.05, 0) is 33.2 Å². The van der Waals surface area contributed by atoms with E-state index >= 15 is 0 Å². The van der Waals surface area contributed by atoms with Crippen LogP contribution >= 0.6 is 0 Å². The van der Waals surface area contributed by atoms with E-state index in [0.29, 0.717) is 5.91 Å². The van der Waals surface area contributed by atoms with E-state index in [4.69, 9.17) is 4.74 Å². The van der Waals surface area contributed by atoms with Crippen molar-refractivity contribution in [1.82, 2.24) is 15.1 Å². The molecule has 0 spiro atoms. The van der Waals surface area contributed by atoms with E-state index in [0.717, 1.165) is 52.2 Å². The lowest BCUT2D eigenvalue weighted by molar-refractivity contribution is -0.140. The van der Waals surface area contributed by atoms with Gasteiger partial charge in [-0.3, -0.25) is 9.69 Å². The summed E-state index contributed by atoms with van der Waals surface area (Å²) in [5.41, 5.74) is 0. The molecule has 0 aliphatic carbocycles. The molecule has 5 nitrogen and oxygen atoms in total. The zero-order valence-electron chi connectivity index (χ0n) is 12.2. The molecule has 2 aliphatic rings. The predicted molar refractivity (Wildman–Crippen MR) is 75.1 cm³/mol. The first-order valence-electron chi connectivity index (χ1n) is 7.51. The van der Waals surface area contributed by atoms with Gasteiger partial charge in [-0.15, -0.1) is 0 Å². The Bertz CT molecular complexity index is 290. The minimum atomic E-state index is -0.0126. The smallest absolute Gasteiger partial charge is 0.239 e. The fourth-order valence-electron chi connectivity index (χ4n) is 2.98. The second kappa shape index (κ2) is 7.22. The SMILES string of the molecule is CNCC1CN(C(C)C(=O)N2CCCCC2)CCO1. The minimum Gasteiger partial charge on any atom is -0.374 e. The zero-order valence-corrected chi connectivity index (χ0v) is 12.2. The lowest BCUT2D eigenvalue weighted by atomic mass is 10.1. The number of carbonyl (C=O) groups excluding carboxylic acids is 1. The molecule has 2 unspecified atom stereocenters. The standard InChI is InChI=1S/C14H27N3O2/c1-12(14(18)16-6-4-3-5-7-16)17-8-9-19-13(11-17)10-15-2/h12-13,15H,3-11H2,1-2H3. The first kappa shape index (κ1) is 14.8. The molecule has 0 aromatic rings. The van der Waals surface area contributed by atoms with E-state index < -0.39 is 0 Å². The van der Waals surface area contributed by atoms with Crippen molar-refractivity contribution in [3.63, 3.8) is 0 Å². The second-order valence-electron chi connectivity index (χ2n) is 5.61. The molecule has 0 bridgehead atoms. The molecular formula is C14H27N3O2. The molecule has 110 valence electrons. The van der Waals surface area contributed by atoms with Crippen LogP contribution in [0.5, 0.6) is 0 Å². The van der Waals surface area contributed by atoms with Crippen molar-refractivity contribution in [2.45, 2.75) is 38.3 Å². The van der Waals surface area contributed by atoms with Gasteiger partial charge < -0.3 is 15.0 Å². The van der Waals surface area contributed by atoms with Gasteiger partial charge in [0.15, 0.2) is 0 Å². The van der Waals surface area contributed by atoms with Crippen molar-refractivity contribution in [3.8, 4) is 0 Å². The lowest BCUT2D eigenvalue weighted by Crippen LogP contribution is -2.55. The van der Waals surface area contributed by atoms with Gasteiger partial charge in [0.1, 0.15) is 0 Å². The molecule has 2 aliphatic heterocycles. The van der Waals surface area contributed by atoms with Crippen LogP contribution in [-0.4, -0.2) is 74.2 Å². The molecule has 2 fully saturated rings. The van der Waals surface area contributed by atoms with E-state index in [9.17, 15) is 4.79 Å². The molecule has 0 radical (unpaired) electrons. The predicted octanol–water partition coefficient (Wildman–Crippen LogP) is 0.308. The van der Waals surface area contributed by atoms with Crippen LogP contribution in [0.15, 0.2) is 0 Å². The van der Waals surface area contributed by atoms with Crippen LogP contribution in [-0.2, 0) is 9.53 Å². The Morgan fingerprint density at radius 1 is 1.32 bits per heavy atom. The summed E-state index contributed by atoms with van der Waals surface area (Å²) in [6.45, 7) is 7.20.